The fourth-order valence-corrected chi connectivity index (χ4v) is 2.09. The number of hydrogen-bond acceptors (Lipinski definition) is 3. The zero-order valence-electron chi connectivity index (χ0n) is 9.50. The predicted octanol–water partition coefficient (Wildman–Crippen LogP) is 0.818. The summed E-state index contributed by atoms with van der Waals surface area (Å²) < 4.78 is 0. The highest BCUT2D eigenvalue weighted by molar-refractivity contribution is 4.82. The van der Waals surface area contributed by atoms with Gasteiger partial charge in [0.1, 0.15) is 0 Å². The quantitative estimate of drug-likeness (QED) is 0.706. The summed E-state index contributed by atoms with van der Waals surface area (Å²) in [6, 6.07) is 0.370. The van der Waals surface area contributed by atoms with Gasteiger partial charge in [-0.15, -0.1) is 0 Å². The second-order valence-electron chi connectivity index (χ2n) is 5.17. The van der Waals surface area contributed by atoms with E-state index in [2.05, 4.69) is 18.7 Å². The first-order valence-corrected chi connectivity index (χ1v) is 5.64. The first-order chi connectivity index (χ1) is 6.59. The summed E-state index contributed by atoms with van der Waals surface area (Å²) in [7, 11) is 0. The molecule has 1 atom stereocenters. The van der Waals surface area contributed by atoms with Crippen LogP contribution >= 0.6 is 0 Å². The Morgan fingerprint density at radius 3 is 2.71 bits per heavy atom. The number of piperidine rings is 1. The van der Waals surface area contributed by atoms with Crippen molar-refractivity contribution in [1.82, 2.24) is 4.90 Å². The minimum absolute atomic E-state index is 0.171. The van der Waals surface area contributed by atoms with Crippen LogP contribution in [0, 0.1) is 5.41 Å². The molecule has 0 aromatic carbocycles. The molecule has 0 amide bonds. The molecule has 84 valence electrons. The van der Waals surface area contributed by atoms with Crippen molar-refractivity contribution in [3.8, 4) is 0 Å². The predicted molar refractivity (Wildman–Crippen MR) is 59.1 cm³/mol. The van der Waals surface area contributed by atoms with Crippen molar-refractivity contribution in [2.45, 2.75) is 39.2 Å². The normalized spacial score (nSPS) is 25.3. The van der Waals surface area contributed by atoms with Crippen LogP contribution in [0.4, 0.5) is 0 Å². The van der Waals surface area contributed by atoms with Gasteiger partial charge in [-0.1, -0.05) is 20.3 Å². The van der Waals surface area contributed by atoms with Crippen LogP contribution in [0.5, 0.6) is 0 Å². The molecule has 1 aliphatic rings. The molecule has 3 N–H and O–H groups in total. The Hall–Kier alpha value is -0.120. The summed E-state index contributed by atoms with van der Waals surface area (Å²) >= 11 is 0. The number of likely N-dealkylation sites (tertiary alicyclic amines) is 1. The van der Waals surface area contributed by atoms with Crippen LogP contribution in [-0.4, -0.2) is 42.3 Å². The average molecular weight is 200 g/mol. The molecule has 0 radical (unpaired) electrons. The molecular weight excluding hydrogens is 176 g/mol. The van der Waals surface area contributed by atoms with Crippen LogP contribution in [0.1, 0.15) is 33.1 Å². The summed E-state index contributed by atoms with van der Waals surface area (Å²) in [5, 5.41) is 9.26. The van der Waals surface area contributed by atoms with E-state index in [9.17, 15) is 5.11 Å². The van der Waals surface area contributed by atoms with Gasteiger partial charge in [-0.2, -0.15) is 0 Å². The fraction of sp³-hybridized carbons (Fsp3) is 1.00. The van der Waals surface area contributed by atoms with Gasteiger partial charge in [0.05, 0.1) is 6.61 Å². The Balaban J connectivity index is 2.48. The van der Waals surface area contributed by atoms with Crippen LogP contribution in [0.15, 0.2) is 0 Å². The largest absolute Gasteiger partial charge is 0.395 e. The van der Waals surface area contributed by atoms with Gasteiger partial charge < -0.3 is 10.8 Å². The standard InChI is InChI=1S/C11H24N2O/c1-11(2,8-12)9-13-6-4-3-5-10(13)7-14/h10,14H,3-9,12H2,1-2H3. The van der Waals surface area contributed by atoms with Crippen molar-refractivity contribution in [3.63, 3.8) is 0 Å². The minimum Gasteiger partial charge on any atom is -0.395 e. The van der Waals surface area contributed by atoms with E-state index in [1.165, 1.54) is 12.8 Å². The van der Waals surface area contributed by atoms with Gasteiger partial charge in [-0.25, -0.2) is 0 Å². The summed E-state index contributed by atoms with van der Waals surface area (Å²) in [6.45, 7) is 7.51. The highest BCUT2D eigenvalue weighted by Gasteiger charge is 2.27. The minimum atomic E-state index is 0.171. The summed E-state index contributed by atoms with van der Waals surface area (Å²) in [6.07, 6.45) is 3.65. The number of rotatable bonds is 4. The van der Waals surface area contributed by atoms with Crippen molar-refractivity contribution < 1.29 is 5.11 Å². The van der Waals surface area contributed by atoms with E-state index in [-0.39, 0.29) is 5.41 Å². The molecule has 0 saturated carbocycles. The fourth-order valence-electron chi connectivity index (χ4n) is 2.09. The van der Waals surface area contributed by atoms with Crippen LogP contribution in [0.3, 0.4) is 0 Å². The van der Waals surface area contributed by atoms with Crippen molar-refractivity contribution in [2.75, 3.05) is 26.2 Å². The Kier molecular flexibility index (Phi) is 4.35. The van der Waals surface area contributed by atoms with Gasteiger partial charge in [-0.3, -0.25) is 4.90 Å². The molecule has 0 aromatic rings. The monoisotopic (exact) mass is 200 g/mol. The molecule has 0 aliphatic carbocycles. The zero-order valence-corrected chi connectivity index (χ0v) is 9.50. The highest BCUT2D eigenvalue weighted by atomic mass is 16.3. The van der Waals surface area contributed by atoms with Crippen molar-refractivity contribution in [1.29, 1.82) is 0 Å². The lowest BCUT2D eigenvalue weighted by Crippen LogP contribution is -2.48. The molecule has 3 nitrogen and oxygen atoms in total. The molecule has 0 aromatic heterocycles. The van der Waals surface area contributed by atoms with E-state index in [1.54, 1.807) is 0 Å². The van der Waals surface area contributed by atoms with Crippen LogP contribution in [0.25, 0.3) is 0 Å². The van der Waals surface area contributed by atoms with E-state index in [0.29, 0.717) is 19.2 Å². The molecule has 0 spiro atoms. The highest BCUT2D eigenvalue weighted by Crippen LogP contribution is 2.22. The number of aliphatic hydroxyl groups excluding tert-OH is 1. The van der Waals surface area contributed by atoms with Gasteiger partial charge >= 0.3 is 0 Å². The third-order valence-electron chi connectivity index (χ3n) is 3.14. The van der Waals surface area contributed by atoms with E-state index < -0.39 is 0 Å². The van der Waals surface area contributed by atoms with Crippen LogP contribution < -0.4 is 5.73 Å². The Labute approximate surface area is 87.3 Å². The number of nitrogens with zero attached hydrogens (tertiary/aromatic N) is 1. The molecule has 3 heteroatoms. The van der Waals surface area contributed by atoms with E-state index in [1.807, 2.05) is 0 Å². The lowest BCUT2D eigenvalue weighted by atomic mass is 9.90. The average Bonchev–Trinajstić information content (AvgIpc) is 2.18. The number of aliphatic hydroxyl groups is 1. The number of hydrogen-bond donors (Lipinski definition) is 2. The Morgan fingerprint density at radius 2 is 2.14 bits per heavy atom. The topological polar surface area (TPSA) is 49.5 Å². The maximum atomic E-state index is 9.26. The first kappa shape index (κ1) is 12.0. The van der Waals surface area contributed by atoms with Gasteiger partial charge in [-0.05, 0) is 31.3 Å². The van der Waals surface area contributed by atoms with Crippen molar-refractivity contribution in [2.24, 2.45) is 11.1 Å². The first-order valence-electron chi connectivity index (χ1n) is 5.64. The third kappa shape index (κ3) is 3.23. The summed E-state index contributed by atoms with van der Waals surface area (Å²) in [5.74, 6) is 0. The van der Waals surface area contributed by atoms with E-state index >= 15 is 0 Å². The van der Waals surface area contributed by atoms with E-state index in [0.717, 1.165) is 19.5 Å². The molecule has 1 saturated heterocycles. The summed E-state index contributed by atoms with van der Waals surface area (Å²) in [4.78, 5) is 2.40. The number of nitrogens with two attached hydrogens (primary N) is 1. The molecule has 0 bridgehead atoms. The molecule has 1 aliphatic heterocycles. The second-order valence-corrected chi connectivity index (χ2v) is 5.17. The molecule has 1 heterocycles. The molecule has 1 rings (SSSR count). The second kappa shape index (κ2) is 5.10. The molecule has 14 heavy (non-hydrogen) atoms. The molecule has 1 fully saturated rings. The lowest BCUT2D eigenvalue weighted by Gasteiger charge is -2.39. The van der Waals surface area contributed by atoms with Crippen LogP contribution in [-0.2, 0) is 0 Å². The summed E-state index contributed by atoms with van der Waals surface area (Å²) in [5.41, 5.74) is 5.89. The Morgan fingerprint density at radius 1 is 1.43 bits per heavy atom. The SMILES string of the molecule is CC(C)(CN)CN1CCCCC1CO. The third-order valence-corrected chi connectivity index (χ3v) is 3.14. The lowest BCUT2D eigenvalue weighted by molar-refractivity contribution is 0.0599. The maximum Gasteiger partial charge on any atom is 0.0586 e. The van der Waals surface area contributed by atoms with Crippen LogP contribution in [0.2, 0.25) is 0 Å². The molecule has 1 unspecified atom stereocenters. The van der Waals surface area contributed by atoms with Gasteiger partial charge in [0, 0.05) is 12.6 Å². The smallest absolute Gasteiger partial charge is 0.0586 e. The van der Waals surface area contributed by atoms with Gasteiger partial charge in [0.2, 0.25) is 0 Å². The van der Waals surface area contributed by atoms with Crippen molar-refractivity contribution in [3.05, 3.63) is 0 Å². The molecular formula is C11H24N2O. The Bertz CT molecular complexity index is 171. The van der Waals surface area contributed by atoms with E-state index in [4.69, 9.17) is 5.73 Å². The van der Waals surface area contributed by atoms with Gasteiger partial charge in [0.25, 0.3) is 0 Å². The van der Waals surface area contributed by atoms with Crippen molar-refractivity contribution >= 4 is 0 Å². The zero-order chi connectivity index (χ0) is 10.6. The van der Waals surface area contributed by atoms with Gasteiger partial charge in [0.15, 0.2) is 0 Å². The maximum absolute atomic E-state index is 9.26.